The second kappa shape index (κ2) is 9.64. The van der Waals surface area contributed by atoms with Crippen molar-refractivity contribution in [1.29, 1.82) is 5.26 Å². The zero-order valence-corrected chi connectivity index (χ0v) is 21.4. The Morgan fingerprint density at radius 2 is 1.86 bits per heavy atom. The van der Waals surface area contributed by atoms with Gasteiger partial charge in [0.15, 0.2) is 0 Å². The van der Waals surface area contributed by atoms with E-state index in [1.807, 2.05) is 12.1 Å². The minimum Gasteiger partial charge on any atom is -0.368 e. The van der Waals surface area contributed by atoms with E-state index in [1.54, 1.807) is 6.20 Å². The summed E-state index contributed by atoms with van der Waals surface area (Å²) in [5, 5.41) is 16.7. The molecule has 1 aromatic carbocycles. The molecule has 7 rings (SSSR count). The molecule has 1 aromatic heterocycles. The topological polar surface area (TPSA) is 103 Å². The molecule has 2 unspecified atom stereocenters. The van der Waals surface area contributed by atoms with Crippen molar-refractivity contribution < 1.29 is 0 Å². The van der Waals surface area contributed by atoms with E-state index in [9.17, 15) is 5.26 Å². The third kappa shape index (κ3) is 4.57. The number of rotatable bonds is 7. The molecule has 1 aliphatic heterocycles. The van der Waals surface area contributed by atoms with Crippen molar-refractivity contribution in [2.24, 2.45) is 28.9 Å². The summed E-state index contributed by atoms with van der Waals surface area (Å²) in [5.74, 6) is 3.70. The van der Waals surface area contributed by atoms with E-state index in [2.05, 4.69) is 45.6 Å². The van der Waals surface area contributed by atoms with Gasteiger partial charge >= 0.3 is 0 Å². The molecule has 5 fully saturated rings. The maximum atomic E-state index is 9.71. The number of hydrogen-bond acceptors (Lipinski definition) is 7. The third-order valence-corrected chi connectivity index (χ3v) is 9.58. The van der Waals surface area contributed by atoms with Crippen LogP contribution in [0.2, 0.25) is 0 Å². The number of nitrogens with two attached hydrogens (primary N) is 1. The first-order valence-corrected chi connectivity index (χ1v) is 13.8. The molecule has 5 aliphatic rings. The molecular formula is C29H39N7. The second-order valence-corrected chi connectivity index (χ2v) is 12.0. The van der Waals surface area contributed by atoms with Crippen LogP contribution in [0.15, 0.2) is 30.5 Å². The number of nitrogens with zero attached hydrogens (tertiary/aromatic N) is 4. The second-order valence-electron chi connectivity index (χ2n) is 12.0. The maximum Gasteiger partial charge on any atom is 0.224 e. The molecule has 1 saturated heterocycles. The predicted molar refractivity (Wildman–Crippen MR) is 142 cm³/mol. The molecule has 2 heterocycles. The summed E-state index contributed by atoms with van der Waals surface area (Å²) in [6.45, 7) is 6.03. The highest BCUT2D eigenvalue weighted by atomic mass is 15.2. The van der Waals surface area contributed by atoms with Crippen molar-refractivity contribution in [3.63, 3.8) is 0 Å². The van der Waals surface area contributed by atoms with Crippen LogP contribution in [0.1, 0.15) is 61.6 Å². The van der Waals surface area contributed by atoms with Gasteiger partial charge in [0.05, 0.1) is 6.20 Å². The van der Waals surface area contributed by atoms with Crippen molar-refractivity contribution in [2.75, 3.05) is 30.3 Å². The Kier molecular flexibility index (Phi) is 6.35. The molecule has 0 amide bonds. The molecule has 7 nitrogen and oxygen atoms in total. The quantitative estimate of drug-likeness (QED) is 0.537. The van der Waals surface area contributed by atoms with E-state index in [1.165, 1.54) is 56.3 Å². The van der Waals surface area contributed by atoms with E-state index < -0.39 is 0 Å². The summed E-state index contributed by atoms with van der Waals surface area (Å²) in [6, 6.07) is 11.8. The number of aromatic nitrogens is 2. The number of hydrogen-bond donors (Lipinski definition) is 3. The highest BCUT2D eigenvalue weighted by Gasteiger charge is 2.56. The highest BCUT2D eigenvalue weighted by Crippen LogP contribution is 2.61. The van der Waals surface area contributed by atoms with Crippen LogP contribution < -0.4 is 16.4 Å². The van der Waals surface area contributed by atoms with Crippen molar-refractivity contribution in [3.8, 4) is 6.07 Å². The predicted octanol–water partition coefficient (Wildman–Crippen LogP) is 4.30. The third-order valence-electron chi connectivity index (χ3n) is 9.58. The molecule has 0 spiro atoms. The summed E-state index contributed by atoms with van der Waals surface area (Å²) in [5.41, 5.74) is 9.51. The van der Waals surface area contributed by atoms with Gasteiger partial charge in [0.1, 0.15) is 17.5 Å². The van der Waals surface area contributed by atoms with Crippen molar-refractivity contribution in [1.82, 2.24) is 14.9 Å². The van der Waals surface area contributed by atoms with Gasteiger partial charge in [0, 0.05) is 25.2 Å². The summed E-state index contributed by atoms with van der Waals surface area (Å²) >= 11 is 0. The van der Waals surface area contributed by atoms with Gasteiger partial charge in [-0.25, -0.2) is 4.98 Å². The fourth-order valence-electron chi connectivity index (χ4n) is 8.13. The number of nitrogens with one attached hydrogen (secondary N) is 2. The van der Waals surface area contributed by atoms with E-state index in [-0.39, 0.29) is 0 Å². The van der Waals surface area contributed by atoms with Crippen LogP contribution in [0, 0.1) is 41.4 Å². The lowest BCUT2D eigenvalue weighted by Crippen LogP contribution is -2.62. The van der Waals surface area contributed by atoms with E-state index in [0.29, 0.717) is 35.3 Å². The maximum absolute atomic E-state index is 9.71. The van der Waals surface area contributed by atoms with Gasteiger partial charge in [-0.3, -0.25) is 4.90 Å². The van der Waals surface area contributed by atoms with Crippen LogP contribution >= 0.6 is 0 Å². The monoisotopic (exact) mass is 485 g/mol. The molecule has 2 atom stereocenters. The average molecular weight is 486 g/mol. The Balaban J connectivity index is 1.13. The fraction of sp³-hybridized carbons (Fsp3) is 0.621. The van der Waals surface area contributed by atoms with Crippen LogP contribution in [-0.2, 0) is 6.54 Å². The molecule has 0 radical (unpaired) electrons. The summed E-state index contributed by atoms with van der Waals surface area (Å²) in [4.78, 5) is 11.9. The molecule has 4 bridgehead atoms. The molecule has 4 saturated carbocycles. The standard InChI is InChI=1S/C29H39N7/c1-19-4-2-3-5-21(19)16-32-28-33-17-24(15-30)27(35-28)34-18-29-12-20-10-22(13-29)26(23(11-20)14-29)36-8-6-25(31)7-9-36/h2-5,17,20,22-23,25-26H,6-14,16,18,31H2,1H3,(H2,32,33,34,35). The molecule has 36 heavy (non-hydrogen) atoms. The van der Waals surface area contributed by atoms with Gasteiger partial charge in [0.2, 0.25) is 5.95 Å². The van der Waals surface area contributed by atoms with Crippen molar-refractivity contribution in [2.45, 2.75) is 70.5 Å². The molecule has 4 N–H and O–H groups in total. The summed E-state index contributed by atoms with van der Waals surface area (Å²) < 4.78 is 0. The van der Waals surface area contributed by atoms with E-state index in [0.717, 1.165) is 43.2 Å². The highest BCUT2D eigenvalue weighted by molar-refractivity contribution is 5.53. The lowest BCUT2D eigenvalue weighted by molar-refractivity contribution is -0.111. The van der Waals surface area contributed by atoms with Crippen molar-refractivity contribution >= 4 is 11.8 Å². The molecule has 190 valence electrons. The minimum atomic E-state index is 0.325. The van der Waals surface area contributed by atoms with E-state index in [4.69, 9.17) is 10.7 Å². The molecular weight excluding hydrogens is 446 g/mol. The number of likely N-dealkylation sites (tertiary alicyclic amines) is 1. The number of nitriles is 1. The van der Waals surface area contributed by atoms with Gasteiger partial charge in [0.25, 0.3) is 0 Å². The van der Waals surface area contributed by atoms with Crippen molar-refractivity contribution in [3.05, 3.63) is 47.2 Å². The van der Waals surface area contributed by atoms with Gasteiger partial charge in [-0.1, -0.05) is 24.3 Å². The van der Waals surface area contributed by atoms with Crippen LogP contribution in [0.4, 0.5) is 11.8 Å². The number of piperidine rings is 1. The average Bonchev–Trinajstić information content (AvgIpc) is 2.87. The summed E-state index contributed by atoms with van der Waals surface area (Å²) in [7, 11) is 0. The normalized spacial score (nSPS) is 31.8. The van der Waals surface area contributed by atoms with Crippen LogP contribution in [0.5, 0.6) is 0 Å². The van der Waals surface area contributed by atoms with Gasteiger partial charge in [-0.2, -0.15) is 10.2 Å². The first kappa shape index (κ1) is 23.7. The SMILES string of the molecule is Cc1ccccc1CNc1ncc(C#N)c(NCC23CC4CC(C2)C(N2CCC(N)CC2)C(C4)C3)n1. The zero-order valence-electron chi connectivity index (χ0n) is 21.4. The van der Waals surface area contributed by atoms with Gasteiger partial charge < -0.3 is 16.4 Å². The lowest BCUT2D eigenvalue weighted by Gasteiger charge is -2.62. The molecule has 2 aromatic rings. The Morgan fingerprint density at radius 1 is 1.11 bits per heavy atom. The Hall–Kier alpha value is -2.69. The minimum absolute atomic E-state index is 0.325. The molecule has 4 aliphatic carbocycles. The Bertz CT molecular complexity index is 1120. The Labute approximate surface area is 214 Å². The number of anilines is 2. The Morgan fingerprint density at radius 3 is 2.58 bits per heavy atom. The number of aryl methyl sites for hydroxylation is 1. The smallest absolute Gasteiger partial charge is 0.224 e. The fourth-order valence-corrected chi connectivity index (χ4v) is 8.13. The largest absolute Gasteiger partial charge is 0.368 e. The van der Waals surface area contributed by atoms with Crippen LogP contribution in [0.3, 0.4) is 0 Å². The zero-order chi connectivity index (χ0) is 24.7. The van der Waals surface area contributed by atoms with Gasteiger partial charge in [-0.05, 0) is 99.3 Å². The molecule has 7 heteroatoms. The number of benzene rings is 1. The van der Waals surface area contributed by atoms with Crippen LogP contribution in [-0.4, -0.2) is 46.6 Å². The lowest BCUT2D eigenvalue weighted by atomic mass is 9.47. The van der Waals surface area contributed by atoms with Crippen LogP contribution in [0.25, 0.3) is 0 Å². The first-order valence-electron chi connectivity index (χ1n) is 13.8. The first-order chi connectivity index (χ1) is 17.5. The van der Waals surface area contributed by atoms with Gasteiger partial charge in [-0.15, -0.1) is 0 Å². The van der Waals surface area contributed by atoms with E-state index >= 15 is 0 Å². The summed E-state index contributed by atoms with van der Waals surface area (Å²) in [6.07, 6.45) is 10.7.